The molecule has 188 valence electrons. The summed E-state index contributed by atoms with van der Waals surface area (Å²) < 4.78 is 17.1. The summed E-state index contributed by atoms with van der Waals surface area (Å²) in [6.07, 6.45) is 1.13. The van der Waals surface area contributed by atoms with Gasteiger partial charge in [-0.1, -0.05) is 18.2 Å². The number of nitrogens with one attached hydrogen (secondary N) is 1. The smallest absolute Gasteiger partial charge is 0.272 e. The van der Waals surface area contributed by atoms with Gasteiger partial charge in [-0.25, -0.2) is 0 Å². The second-order valence-corrected chi connectivity index (χ2v) is 8.67. The predicted octanol–water partition coefficient (Wildman–Crippen LogP) is 5.85. The van der Waals surface area contributed by atoms with Gasteiger partial charge in [0.15, 0.2) is 0 Å². The van der Waals surface area contributed by atoms with Gasteiger partial charge in [0.2, 0.25) is 0 Å². The minimum absolute atomic E-state index is 0.0388. The van der Waals surface area contributed by atoms with Gasteiger partial charge in [-0.15, -0.1) is 0 Å². The molecule has 1 aromatic heterocycles. The Kier molecular flexibility index (Phi) is 6.51. The molecule has 0 fully saturated rings. The molecule has 1 N–H and O–H groups in total. The summed E-state index contributed by atoms with van der Waals surface area (Å²) in [5, 5.41) is 14.6. The van der Waals surface area contributed by atoms with Gasteiger partial charge in [-0.05, 0) is 61.0 Å². The fourth-order valence-electron chi connectivity index (χ4n) is 4.45. The van der Waals surface area contributed by atoms with Crippen LogP contribution in [0.15, 0.2) is 83.5 Å². The van der Waals surface area contributed by atoms with Gasteiger partial charge in [0.1, 0.15) is 30.0 Å². The van der Waals surface area contributed by atoms with Crippen molar-refractivity contribution in [2.75, 3.05) is 12.4 Å². The standard InChI is InChI=1S/C28H25N3O6/c1-18-14-21(10-11-25(18)31(33)34)37-17-20-15-19(9-12-26(20)35-2)27-29-24-8-4-3-7-23(24)28(32)30(27)16-22-6-5-13-36-22/h3-15,27,29H,16-17H2,1-2H3. The molecule has 37 heavy (non-hydrogen) atoms. The Labute approximate surface area is 213 Å². The molecule has 0 saturated heterocycles. The summed E-state index contributed by atoms with van der Waals surface area (Å²) in [5.74, 6) is 1.70. The highest BCUT2D eigenvalue weighted by atomic mass is 16.6. The van der Waals surface area contributed by atoms with Gasteiger partial charge in [0.05, 0.1) is 30.4 Å². The molecule has 9 nitrogen and oxygen atoms in total. The molecule has 1 aliphatic heterocycles. The lowest BCUT2D eigenvalue weighted by atomic mass is 10.0. The monoisotopic (exact) mass is 499 g/mol. The third kappa shape index (κ3) is 4.84. The van der Waals surface area contributed by atoms with E-state index in [0.29, 0.717) is 28.4 Å². The Morgan fingerprint density at radius 3 is 2.65 bits per heavy atom. The third-order valence-corrected chi connectivity index (χ3v) is 6.31. The molecule has 1 unspecified atom stereocenters. The first kappa shape index (κ1) is 23.9. The maximum absolute atomic E-state index is 13.5. The number of aryl methyl sites for hydroxylation is 1. The first-order valence-corrected chi connectivity index (χ1v) is 11.7. The number of ether oxygens (including phenoxy) is 2. The SMILES string of the molecule is COc1ccc(C2Nc3ccccc3C(=O)N2Cc2ccco2)cc1COc1ccc([N+](=O)[O-])c(C)c1. The van der Waals surface area contributed by atoms with Crippen molar-refractivity contribution >= 4 is 17.3 Å². The van der Waals surface area contributed by atoms with Crippen LogP contribution < -0.4 is 14.8 Å². The van der Waals surface area contributed by atoms with Crippen molar-refractivity contribution in [3.63, 3.8) is 0 Å². The van der Waals surface area contributed by atoms with Crippen LogP contribution in [0.3, 0.4) is 0 Å². The lowest BCUT2D eigenvalue weighted by molar-refractivity contribution is -0.385. The number of furan rings is 1. The van der Waals surface area contributed by atoms with Crippen LogP contribution in [0.1, 0.15) is 39.0 Å². The summed E-state index contributed by atoms with van der Waals surface area (Å²) >= 11 is 0. The normalized spacial score (nSPS) is 14.6. The molecule has 0 saturated carbocycles. The largest absolute Gasteiger partial charge is 0.496 e. The molecular formula is C28H25N3O6. The van der Waals surface area contributed by atoms with Gasteiger partial charge in [0.25, 0.3) is 11.6 Å². The van der Waals surface area contributed by atoms with Crippen LogP contribution in [0.2, 0.25) is 0 Å². The Bertz CT molecular complexity index is 1450. The molecule has 1 aliphatic rings. The molecule has 1 atom stereocenters. The Morgan fingerprint density at radius 2 is 1.92 bits per heavy atom. The van der Waals surface area contributed by atoms with Gasteiger partial charge in [0, 0.05) is 22.9 Å². The van der Waals surface area contributed by atoms with Crippen LogP contribution in [-0.2, 0) is 13.2 Å². The number of nitrogens with zero attached hydrogens (tertiary/aromatic N) is 2. The lowest BCUT2D eigenvalue weighted by Gasteiger charge is -2.38. The number of carbonyl (C=O) groups is 1. The number of hydrogen-bond acceptors (Lipinski definition) is 7. The van der Waals surface area contributed by atoms with E-state index in [1.807, 2.05) is 42.5 Å². The fraction of sp³-hybridized carbons (Fsp3) is 0.179. The summed E-state index contributed by atoms with van der Waals surface area (Å²) in [6, 6.07) is 21.4. The van der Waals surface area contributed by atoms with Crippen LogP contribution in [0.25, 0.3) is 0 Å². The van der Waals surface area contributed by atoms with Gasteiger partial charge in [-0.3, -0.25) is 14.9 Å². The van der Waals surface area contributed by atoms with Gasteiger partial charge < -0.3 is 24.1 Å². The highest BCUT2D eigenvalue weighted by Crippen LogP contribution is 2.36. The van der Waals surface area contributed by atoms with E-state index in [-0.39, 0.29) is 24.7 Å². The van der Waals surface area contributed by atoms with E-state index < -0.39 is 11.1 Å². The van der Waals surface area contributed by atoms with E-state index >= 15 is 0 Å². The topological polar surface area (TPSA) is 107 Å². The van der Waals surface area contributed by atoms with Crippen molar-refractivity contribution in [1.82, 2.24) is 4.90 Å². The average molecular weight is 500 g/mol. The maximum atomic E-state index is 13.5. The summed E-state index contributed by atoms with van der Waals surface area (Å²) in [6.45, 7) is 2.13. The number of nitro benzene ring substituents is 1. The molecule has 3 aromatic carbocycles. The van der Waals surface area contributed by atoms with Crippen LogP contribution in [0.5, 0.6) is 11.5 Å². The zero-order valence-electron chi connectivity index (χ0n) is 20.3. The summed E-state index contributed by atoms with van der Waals surface area (Å²) in [5.41, 5.74) is 3.51. The van der Waals surface area contributed by atoms with Crippen LogP contribution in [0.4, 0.5) is 11.4 Å². The van der Waals surface area contributed by atoms with Crippen LogP contribution in [0, 0.1) is 17.0 Å². The Morgan fingerprint density at radius 1 is 1.08 bits per heavy atom. The number of nitro groups is 1. The zero-order chi connectivity index (χ0) is 25.9. The molecule has 2 heterocycles. The van der Waals surface area contributed by atoms with Gasteiger partial charge >= 0.3 is 0 Å². The minimum atomic E-state index is -0.459. The second kappa shape index (κ2) is 10.1. The maximum Gasteiger partial charge on any atom is 0.272 e. The number of para-hydroxylation sites is 1. The minimum Gasteiger partial charge on any atom is -0.496 e. The van der Waals surface area contributed by atoms with Crippen molar-refractivity contribution in [1.29, 1.82) is 0 Å². The predicted molar refractivity (Wildman–Crippen MR) is 137 cm³/mol. The van der Waals surface area contributed by atoms with Crippen molar-refractivity contribution in [2.24, 2.45) is 0 Å². The molecule has 4 aromatic rings. The number of carbonyl (C=O) groups excluding carboxylic acids is 1. The Hall–Kier alpha value is -4.79. The number of fused-ring (bicyclic) bond motifs is 1. The number of benzene rings is 3. The molecule has 0 bridgehead atoms. The first-order valence-electron chi connectivity index (χ1n) is 11.7. The average Bonchev–Trinajstić information content (AvgIpc) is 3.42. The number of anilines is 1. The number of rotatable bonds is 8. The third-order valence-electron chi connectivity index (χ3n) is 6.31. The molecule has 9 heteroatoms. The lowest BCUT2D eigenvalue weighted by Crippen LogP contribution is -2.42. The van der Waals surface area contributed by atoms with Crippen molar-refractivity contribution < 1.29 is 23.6 Å². The van der Waals surface area contributed by atoms with Crippen molar-refractivity contribution in [3.05, 3.63) is 117 Å². The van der Waals surface area contributed by atoms with Gasteiger partial charge in [-0.2, -0.15) is 0 Å². The highest BCUT2D eigenvalue weighted by Gasteiger charge is 2.33. The molecule has 0 radical (unpaired) electrons. The van der Waals surface area contributed by atoms with E-state index in [4.69, 9.17) is 13.9 Å². The highest BCUT2D eigenvalue weighted by molar-refractivity contribution is 6.01. The van der Waals surface area contributed by atoms with E-state index in [2.05, 4.69) is 5.32 Å². The van der Waals surface area contributed by atoms with Crippen LogP contribution >= 0.6 is 0 Å². The molecule has 1 amide bonds. The molecular weight excluding hydrogens is 474 g/mol. The number of amides is 1. The van der Waals surface area contributed by atoms with E-state index in [0.717, 1.165) is 16.8 Å². The van der Waals surface area contributed by atoms with E-state index in [1.54, 1.807) is 49.5 Å². The fourth-order valence-corrected chi connectivity index (χ4v) is 4.45. The second-order valence-electron chi connectivity index (χ2n) is 8.67. The summed E-state index contributed by atoms with van der Waals surface area (Å²) in [4.78, 5) is 25.9. The number of methoxy groups -OCH3 is 1. The number of hydrogen-bond donors (Lipinski definition) is 1. The van der Waals surface area contributed by atoms with E-state index in [9.17, 15) is 14.9 Å². The van der Waals surface area contributed by atoms with Crippen molar-refractivity contribution in [2.45, 2.75) is 26.2 Å². The van der Waals surface area contributed by atoms with E-state index in [1.165, 1.54) is 6.07 Å². The quantitative estimate of drug-likeness (QED) is 0.239. The van der Waals surface area contributed by atoms with Crippen molar-refractivity contribution in [3.8, 4) is 11.5 Å². The summed E-state index contributed by atoms with van der Waals surface area (Å²) in [7, 11) is 1.58. The Balaban J connectivity index is 1.45. The zero-order valence-corrected chi connectivity index (χ0v) is 20.3. The molecule has 0 aliphatic carbocycles. The molecule has 5 rings (SSSR count). The molecule has 0 spiro atoms. The first-order chi connectivity index (χ1) is 17.9. The van der Waals surface area contributed by atoms with Crippen LogP contribution in [-0.4, -0.2) is 22.8 Å².